The quantitative estimate of drug-likeness (QED) is 0.435. The predicted molar refractivity (Wildman–Crippen MR) is 56.9 cm³/mol. The Kier molecular flexibility index (Phi) is 2.73. The molecule has 2 rings (SSSR count). The fourth-order valence-electron chi connectivity index (χ4n) is 1.45. The smallest absolute Gasteiger partial charge is 0.356 e. The summed E-state index contributed by atoms with van der Waals surface area (Å²) in [6.45, 7) is 0. The third-order valence-electron chi connectivity index (χ3n) is 2.29. The first-order valence-electron chi connectivity index (χ1n) is 4.71. The van der Waals surface area contributed by atoms with E-state index < -0.39 is 10.9 Å². The number of fused-ring (bicyclic) bond motifs is 1. The number of esters is 1. The number of nitrogens with zero attached hydrogens (tertiary/aromatic N) is 2. The molecule has 0 unspecified atom stereocenters. The maximum Gasteiger partial charge on any atom is 0.356 e. The van der Waals surface area contributed by atoms with Crippen LogP contribution in [0.15, 0.2) is 23.4 Å². The molecular weight excluding hydrogens is 228 g/mol. The number of ether oxygens (including phenoxy) is 1. The van der Waals surface area contributed by atoms with E-state index in [-0.39, 0.29) is 17.8 Å². The molecule has 0 radical (unpaired) electrons. The molecule has 7 heteroatoms. The maximum atomic E-state index is 11.2. The number of hydrogen-bond donors (Lipinski definition) is 0. The zero-order valence-corrected chi connectivity index (χ0v) is 8.87. The van der Waals surface area contributed by atoms with Gasteiger partial charge >= 0.3 is 5.97 Å². The summed E-state index contributed by atoms with van der Waals surface area (Å²) in [4.78, 5) is 26.3. The van der Waals surface area contributed by atoms with Crippen LogP contribution in [0.2, 0.25) is 0 Å². The van der Waals surface area contributed by atoms with E-state index in [9.17, 15) is 14.9 Å². The van der Waals surface area contributed by atoms with E-state index in [1.807, 2.05) is 0 Å². The van der Waals surface area contributed by atoms with Gasteiger partial charge in [0.1, 0.15) is 0 Å². The lowest BCUT2D eigenvalue weighted by Crippen LogP contribution is -2.22. The van der Waals surface area contributed by atoms with Crippen molar-refractivity contribution in [1.82, 2.24) is 0 Å². The summed E-state index contributed by atoms with van der Waals surface area (Å²) in [5.41, 5.74) is 0.563. The topological polar surface area (TPSA) is 91.0 Å². The molecule has 0 saturated carbocycles. The van der Waals surface area contributed by atoms with Crippen molar-refractivity contribution < 1.29 is 19.3 Å². The summed E-state index contributed by atoms with van der Waals surface area (Å²) in [6.07, 6.45) is 0.156. The number of rotatable bonds is 2. The molecule has 0 saturated heterocycles. The van der Waals surface area contributed by atoms with Crippen molar-refractivity contribution in [3.63, 3.8) is 0 Å². The van der Waals surface area contributed by atoms with Crippen LogP contribution in [0.3, 0.4) is 0 Å². The molecule has 0 N–H and O–H groups in total. The number of carbonyl (C=O) groups excluding carboxylic acids is 1. The van der Waals surface area contributed by atoms with Crippen LogP contribution >= 0.6 is 0 Å². The molecule has 0 aliphatic carbocycles. The number of hydrogen-bond acceptors (Lipinski definition) is 6. The Morgan fingerprint density at radius 1 is 1.59 bits per heavy atom. The summed E-state index contributed by atoms with van der Waals surface area (Å²) in [6, 6.07) is 4.12. The van der Waals surface area contributed by atoms with Crippen molar-refractivity contribution in [2.24, 2.45) is 5.16 Å². The van der Waals surface area contributed by atoms with Gasteiger partial charge in [0, 0.05) is 24.1 Å². The first-order chi connectivity index (χ1) is 8.11. The lowest BCUT2D eigenvalue weighted by Gasteiger charge is -2.13. The monoisotopic (exact) mass is 236 g/mol. The second-order valence-corrected chi connectivity index (χ2v) is 3.35. The number of nitro groups is 1. The van der Waals surface area contributed by atoms with E-state index >= 15 is 0 Å². The number of non-ortho nitro benzene ring substituents is 1. The van der Waals surface area contributed by atoms with Gasteiger partial charge in [-0.3, -0.25) is 10.1 Å². The molecule has 88 valence electrons. The van der Waals surface area contributed by atoms with Crippen LogP contribution in [-0.4, -0.2) is 23.7 Å². The predicted octanol–water partition coefficient (Wildman–Crippen LogP) is 1.06. The molecule has 1 heterocycles. The highest BCUT2D eigenvalue weighted by atomic mass is 16.6. The first kappa shape index (κ1) is 11.1. The Bertz CT molecular complexity index is 523. The molecular formula is C10H8N2O5. The van der Waals surface area contributed by atoms with Gasteiger partial charge in [-0.15, -0.1) is 0 Å². The molecule has 0 atom stereocenters. The van der Waals surface area contributed by atoms with Gasteiger partial charge in [0.05, 0.1) is 12.0 Å². The second-order valence-electron chi connectivity index (χ2n) is 3.35. The van der Waals surface area contributed by atoms with Gasteiger partial charge in [0.25, 0.3) is 5.69 Å². The van der Waals surface area contributed by atoms with Gasteiger partial charge in [0.2, 0.25) is 0 Å². The fraction of sp³-hybridized carbons (Fsp3) is 0.200. The molecule has 1 aliphatic rings. The van der Waals surface area contributed by atoms with Crippen molar-refractivity contribution in [3.8, 4) is 5.75 Å². The third kappa shape index (κ3) is 2.07. The highest BCUT2D eigenvalue weighted by Crippen LogP contribution is 2.27. The minimum Gasteiger partial charge on any atom is -0.464 e. The average molecular weight is 236 g/mol. The van der Waals surface area contributed by atoms with Gasteiger partial charge in [-0.05, 0) is 6.07 Å². The Balaban J connectivity index is 2.31. The van der Waals surface area contributed by atoms with E-state index in [1.54, 1.807) is 0 Å². The molecule has 0 fully saturated rings. The second kappa shape index (κ2) is 4.20. The molecule has 7 nitrogen and oxygen atoms in total. The molecule has 0 bridgehead atoms. The van der Waals surface area contributed by atoms with Crippen molar-refractivity contribution in [2.75, 3.05) is 7.11 Å². The summed E-state index contributed by atoms with van der Waals surface area (Å²) in [5, 5.41) is 14.2. The summed E-state index contributed by atoms with van der Waals surface area (Å²) in [5.74, 6) is -0.203. The Morgan fingerprint density at radius 2 is 2.35 bits per heavy atom. The SMILES string of the molecule is COC(=O)C1=NOc2ccc([N+](=O)[O-])cc2C1. The van der Waals surface area contributed by atoms with Gasteiger partial charge in [0.15, 0.2) is 11.5 Å². The maximum absolute atomic E-state index is 11.2. The van der Waals surface area contributed by atoms with Gasteiger partial charge in [-0.25, -0.2) is 4.79 Å². The molecule has 17 heavy (non-hydrogen) atoms. The number of benzene rings is 1. The van der Waals surface area contributed by atoms with Crippen LogP contribution in [-0.2, 0) is 16.0 Å². The van der Waals surface area contributed by atoms with Crippen LogP contribution < -0.4 is 4.84 Å². The number of oxime groups is 1. The summed E-state index contributed by atoms with van der Waals surface area (Å²) in [7, 11) is 1.23. The zero-order valence-electron chi connectivity index (χ0n) is 8.87. The molecule has 1 aromatic rings. The van der Waals surface area contributed by atoms with Crippen molar-refractivity contribution in [1.29, 1.82) is 0 Å². The molecule has 1 aromatic carbocycles. The number of carbonyl (C=O) groups is 1. The van der Waals surface area contributed by atoms with Crippen LogP contribution in [0.25, 0.3) is 0 Å². The normalized spacial score (nSPS) is 13.1. The Hall–Kier alpha value is -2.44. The van der Waals surface area contributed by atoms with E-state index in [1.165, 1.54) is 25.3 Å². The van der Waals surface area contributed by atoms with Crippen LogP contribution in [0.1, 0.15) is 5.56 Å². The van der Waals surface area contributed by atoms with Crippen molar-refractivity contribution in [2.45, 2.75) is 6.42 Å². The number of nitro benzene ring substituents is 1. The zero-order chi connectivity index (χ0) is 12.4. The largest absolute Gasteiger partial charge is 0.464 e. The lowest BCUT2D eigenvalue weighted by molar-refractivity contribution is -0.384. The van der Waals surface area contributed by atoms with Crippen LogP contribution in [0, 0.1) is 10.1 Å². The Morgan fingerprint density at radius 3 is 3.00 bits per heavy atom. The average Bonchev–Trinajstić information content (AvgIpc) is 2.36. The van der Waals surface area contributed by atoms with Gasteiger partial charge in [-0.2, -0.15) is 0 Å². The summed E-state index contributed by atoms with van der Waals surface area (Å²) >= 11 is 0. The van der Waals surface area contributed by atoms with Crippen molar-refractivity contribution >= 4 is 17.4 Å². The van der Waals surface area contributed by atoms with Crippen LogP contribution in [0.4, 0.5) is 5.69 Å². The highest BCUT2D eigenvalue weighted by Gasteiger charge is 2.22. The standard InChI is InChI=1S/C10H8N2O5/c1-16-10(13)8-5-6-4-7(12(14)15)2-3-9(6)17-11-8/h2-4H,5H2,1H3. The molecule has 0 spiro atoms. The fourth-order valence-corrected chi connectivity index (χ4v) is 1.45. The minimum atomic E-state index is -0.609. The Labute approximate surface area is 95.8 Å². The van der Waals surface area contributed by atoms with E-state index in [2.05, 4.69) is 9.89 Å². The van der Waals surface area contributed by atoms with E-state index in [0.717, 1.165) is 0 Å². The first-order valence-corrected chi connectivity index (χ1v) is 4.71. The highest BCUT2D eigenvalue weighted by molar-refractivity contribution is 6.37. The van der Waals surface area contributed by atoms with Crippen LogP contribution in [0.5, 0.6) is 5.75 Å². The van der Waals surface area contributed by atoms with E-state index in [4.69, 9.17) is 4.84 Å². The molecule has 0 aromatic heterocycles. The lowest BCUT2D eigenvalue weighted by atomic mass is 10.1. The van der Waals surface area contributed by atoms with E-state index in [0.29, 0.717) is 11.3 Å². The minimum absolute atomic E-state index is 0.0570. The molecule has 1 aliphatic heterocycles. The number of methoxy groups -OCH3 is 1. The molecule has 0 amide bonds. The van der Waals surface area contributed by atoms with Crippen molar-refractivity contribution in [3.05, 3.63) is 33.9 Å². The summed E-state index contributed by atoms with van der Waals surface area (Å²) < 4.78 is 4.50. The van der Waals surface area contributed by atoms with Gasteiger partial charge < -0.3 is 9.57 Å². The third-order valence-corrected chi connectivity index (χ3v) is 2.29. The van der Waals surface area contributed by atoms with Gasteiger partial charge in [-0.1, -0.05) is 5.16 Å².